The maximum Gasteiger partial charge on any atom is 0.415 e. The van der Waals surface area contributed by atoms with Gasteiger partial charge in [0.15, 0.2) is 5.60 Å². The van der Waals surface area contributed by atoms with Gasteiger partial charge in [-0.1, -0.05) is 60.1 Å². The number of anilines is 1. The molecule has 0 fully saturated rings. The van der Waals surface area contributed by atoms with Crippen LogP contribution in [-0.2, 0) is 60.4 Å². The minimum absolute atomic E-state index is 0.0319. The summed E-state index contributed by atoms with van der Waals surface area (Å²) >= 11 is 0. The fourth-order valence-corrected chi connectivity index (χ4v) is 8.94. The molecule has 7 amide bonds. The average Bonchev–Trinajstić information content (AvgIpc) is 3.73. The van der Waals surface area contributed by atoms with Crippen LogP contribution >= 0.6 is 0 Å². The molecule has 4 heterocycles. The Bertz CT molecular complexity index is 2830. The van der Waals surface area contributed by atoms with Gasteiger partial charge in [-0.05, 0) is 91.5 Å². The normalized spacial score (nSPS) is 15.3. The Labute approximate surface area is 429 Å². The summed E-state index contributed by atoms with van der Waals surface area (Å²) < 4.78 is 18.0. The van der Waals surface area contributed by atoms with Crippen LogP contribution in [0.3, 0.4) is 0 Å². The Balaban J connectivity index is 1.00. The standard InChI is InChI=1S/C53H69N9O12/c1-9-35-36-25-34(20-21-40(36)57-45-37(35)27-62-42(45)26-39-38(48(62)66)29-72-49(67)53(39,71)10-2)74-52(70)61(8)24-23-60(7)51(69)73-28-32-16-18-33(19-17-32)56-46(64)41(14-12-22-55-50(54)68)58-47(65)44(31(5)6)59-43(63)15-11-13-30(3)4/h16-21,25-26,30-31,41,44,71H,9-15,22-24,27-29H2,1-8H3,(H,56,64)(H,58,65)(H,59,63)(H3,54,55,68)/t41-,44-,53-/m0/s1. The van der Waals surface area contributed by atoms with Crippen LogP contribution in [-0.4, -0.2) is 112 Å². The predicted molar refractivity (Wildman–Crippen MR) is 275 cm³/mol. The number of pyridine rings is 2. The van der Waals surface area contributed by atoms with Crippen LogP contribution in [0.25, 0.3) is 22.3 Å². The number of hydrogen-bond donors (Lipinski definition) is 6. The van der Waals surface area contributed by atoms with Crippen LogP contribution in [0.15, 0.2) is 53.3 Å². The number of nitrogens with zero attached hydrogens (tertiary/aromatic N) is 4. The molecule has 0 saturated heterocycles. The van der Waals surface area contributed by atoms with Crippen molar-refractivity contribution < 1.29 is 52.9 Å². The number of fused-ring (bicyclic) bond motifs is 5. The van der Waals surface area contributed by atoms with Gasteiger partial charge in [0.05, 0.1) is 29.0 Å². The summed E-state index contributed by atoms with van der Waals surface area (Å²) in [5, 5.41) is 22.9. The molecule has 21 nitrogen and oxygen atoms in total. The third-order valence-corrected chi connectivity index (χ3v) is 13.4. The molecular formula is C53H69N9O12. The van der Waals surface area contributed by atoms with Gasteiger partial charge in [-0.15, -0.1) is 0 Å². The Morgan fingerprint density at radius 3 is 2.24 bits per heavy atom. The van der Waals surface area contributed by atoms with Gasteiger partial charge in [-0.25, -0.2) is 24.2 Å². The molecule has 2 aromatic heterocycles. The van der Waals surface area contributed by atoms with Gasteiger partial charge in [-0.3, -0.25) is 19.2 Å². The summed E-state index contributed by atoms with van der Waals surface area (Å²) in [5.74, 6) is -1.63. The first kappa shape index (κ1) is 55.8. The molecule has 0 unspecified atom stereocenters. The van der Waals surface area contributed by atoms with E-state index in [-0.39, 0.29) is 92.9 Å². The van der Waals surface area contributed by atoms with Gasteiger partial charge >= 0.3 is 24.2 Å². The molecule has 0 bridgehead atoms. The van der Waals surface area contributed by atoms with Crippen molar-refractivity contribution >= 4 is 58.5 Å². The maximum atomic E-state index is 13.7. The molecule has 2 aromatic carbocycles. The highest BCUT2D eigenvalue weighted by Crippen LogP contribution is 2.41. The molecule has 0 aliphatic carbocycles. The zero-order chi connectivity index (χ0) is 54.0. The second-order valence-corrected chi connectivity index (χ2v) is 19.6. The third kappa shape index (κ3) is 13.2. The summed E-state index contributed by atoms with van der Waals surface area (Å²) in [6.45, 7) is 11.7. The molecule has 21 heteroatoms. The first-order valence-corrected chi connectivity index (χ1v) is 25.1. The number of benzene rings is 2. The molecule has 0 spiro atoms. The third-order valence-electron chi connectivity index (χ3n) is 13.4. The van der Waals surface area contributed by atoms with Crippen LogP contribution in [0, 0.1) is 11.8 Å². The summed E-state index contributed by atoms with van der Waals surface area (Å²) in [7, 11) is 3.07. The minimum Gasteiger partial charge on any atom is -0.458 e. The van der Waals surface area contributed by atoms with Crippen LogP contribution in [0.4, 0.5) is 20.1 Å². The van der Waals surface area contributed by atoms with Crippen molar-refractivity contribution in [1.82, 2.24) is 35.3 Å². The molecule has 4 aromatic rings. The molecule has 74 heavy (non-hydrogen) atoms. The van der Waals surface area contributed by atoms with E-state index in [0.29, 0.717) is 53.3 Å². The van der Waals surface area contributed by atoms with Gasteiger partial charge in [-0.2, -0.15) is 0 Å². The fraction of sp³-hybridized carbons (Fsp3) is 0.491. The molecule has 7 N–H and O–H groups in total. The quantitative estimate of drug-likeness (QED) is 0.0386. The van der Waals surface area contributed by atoms with Gasteiger partial charge in [0, 0.05) is 62.4 Å². The van der Waals surface area contributed by atoms with Gasteiger partial charge < -0.3 is 60.7 Å². The highest BCUT2D eigenvalue weighted by Gasteiger charge is 2.45. The number of carbonyl (C=O) groups is 7. The highest BCUT2D eigenvalue weighted by molar-refractivity contribution is 5.98. The van der Waals surface area contributed by atoms with Crippen LogP contribution in [0.2, 0.25) is 0 Å². The van der Waals surface area contributed by atoms with E-state index in [1.54, 1.807) is 73.9 Å². The smallest absolute Gasteiger partial charge is 0.415 e. The monoisotopic (exact) mass is 1020 g/mol. The van der Waals surface area contributed by atoms with Crippen molar-refractivity contribution in [1.29, 1.82) is 0 Å². The average molecular weight is 1020 g/mol. The summed E-state index contributed by atoms with van der Waals surface area (Å²) in [6.07, 6.45) is 1.62. The van der Waals surface area contributed by atoms with Gasteiger partial charge in [0.1, 0.15) is 31.0 Å². The first-order valence-electron chi connectivity index (χ1n) is 25.1. The second-order valence-electron chi connectivity index (χ2n) is 19.6. The van der Waals surface area contributed by atoms with Crippen molar-refractivity contribution in [3.8, 4) is 17.1 Å². The summed E-state index contributed by atoms with van der Waals surface area (Å²) in [4.78, 5) is 111. The van der Waals surface area contributed by atoms with E-state index in [1.807, 2.05) is 6.92 Å². The number of esters is 1. The van der Waals surface area contributed by atoms with E-state index < -0.39 is 53.7 Å². The Morgan fingerprint density at radius 2 is 1.59 bits per heavy atom. The zero-order valence-corrected chi connectivity index (χ0v) is 43.4. The number of ether oxygens (including phenoxy) is 3. The Hall–Kier alpha value is -7.55. The second kappa shape index (κ2) is 24.4. The Morgan fingerprint density at radius 1 is 0.892 bits per heavy atom. The lowest BCUT2D eigenvalue weighted by Gasteiger charge is -2.31. The van der Waals surface area contributed by atoms with E-state index in [4.69, 9.17) is 24.9 Å². The van der Waals surface area contributed by atoms with E-state index in [0.717, 1.165) is 22.9 Å². The number of aryl methyl sites for hydroxylation is 1. The lowest BCUT2D eigenvalue weighted by Crippen LogP contribution is -2.54. The number of aliphatic hydroxyl groups is 1. The topological polar surface area (TPSA) is 283 Å². The maximum absolute atomic E-state index is 13.7. The number of carbonyl (C=O) groups excluding carboxylic acids is 7. The molecular weight excluding hydrogens is 955 g/mol. The lowest BCUT2D eigenvalue weighted by molar-refractivity contribution is -0.172. The minimum atomic E-state index is -1.94. The van der Waals surface area contributed by atoms with Crippen LogP contribution in [0.5, 0.6) is 5.75 Å². The highest BCUT2D eigenvalue weighted by atomic mass is 16.6. The molecule has 2 aliphatic heterocycles. The van der Waals surface area contributed by atoms with Crippen LogP contribution in [0.1, 0.15) is 108 Å². The molecule has 0 saturated carbocycles. The van der Waals surface area contributed by atoms with Crippen molar-refractivity contribution in [2.24, 2.45) is 17.6 Å². The van der Waals surface area contributed by atoms with Gasteiger partial charge in [0.25, 0.3) is 5.56 Å². The van der Waals surface area contributed by atoms with Crippen LogP contribution < -0.4 is 37.3 Å². The van der Waals surface area contributed by atoms with Gasteiger partial charge in [0.2, 0.25) is 17.7 Å². The molecule has 6 rings (SSSR count). The predicted octanol–water partition coefficient (Wildman–Crippen LogP) is 5.18. The SMILES string of the molecule is CCc1c2c(nc3ccc(OC(=O)N(C)CCN(C)C(=O)OCc4ccc(NC(=O)[C@H](CCCNC(N)=O)NC(=O)[C@@H](NC(=O)CCCC(C)C)C(C)C)cc4)cc13)-c1cc3c(c(=O)n1C2)COC(=O)[C@]3(O)CC. The molecule has 398 valence electrons. The number of amides is 7. The number of urea groups is 1. The number of nitrogens with two attached hydrogens (primary N) is 1. The van der Waals surface area contributed by atoms with E-state index in [9.17, 15) is 43.5 Å². The first-order chi connectivity index (χ1) is 35.1. The number of cyclic esters (lactones) is 1. The fourth-order valence-electron chi connectivity index (χ4n) is 8.94. The summed E-state index contributed by atoms with van der Waals surface area (Å²) in [6, 6.07) is 10.7. The number of rotatable bonds is 22. The van der Waals surface area contributed by atoms with Crippen molar-refractivity contribution in [3.63, 3.8) is 0 Å². The van der Waals surface area contributed by atoms with E-state index in [2.05, 4.69) is 35.1 Å². The largest absolute Gasteiger partial charge is 0.458 e. The van der Waals surface area contributed by atoms with Crippen molar-refractivity contribution in [2.45, 2.75) is 124 Å². The van der Waals surface area contributed by atoms with Crippen molar-refractivity contribution in [3.05, 3.63) is 86.7 Å². The lowest BCUT2D eigenvalue weighted by atomic mass is 9.86. The number of primary amides is 1. The summed E-state index contributed by atoms with van der Waals surface area (Å²) in [5.41, 5.74) is 7.78. The number of likely N-dealkylation sites (N-methyl/N-ethyl adjacent to an activating group) is 2. The number of nitrogens with one attached hydrogen (secondary N) is 4. The molecule has 2 aliphatic rings. The Kier molecular flexibility index (Phi) is 18.4. The van der Waals surface area contributed by atoms with Crippen molar-refractivity contribution in [2.75, 3.05) is 39.0 Å². The van der Waals surface area contributed by atoms with E-state index >= 15 is 0 Å². The zero-order valence-electron chi connectivity index (χ0n) is 43.4. The number of aromatic nitrogens is 2. The molecule has 0 radical (unpaired) electrons. The number of hydrogen-bond acceptors (Lipinski definition) is 13. The molecule has 3 atom stereocenters. The van der Waals surface area contributed by atoms with E-state index in [1.165, 1.54) is 23.9 Å².